The molecule has 0 atom stereocenters. The molecule has 1 aliphatic heterocycles. The fourth-order valence-corrected chi connectivity index (χ4v) is 4.45. The number of piperazine rings is 1. The highest BCUT2D eigenvalue weighted by atomic mass is 32.1. The average Bonchev–Trinajstić information content (AvgIpc) is 3.21. The van der Waals surface area contributed by atoms with Gasteiger partial charge in [0.15, 0.2) is 0 Å². The molecule has 2 aromatic carbocycles. The largest absolute Gasteiger partial charge is 0.367 e. The zero-order valence-corrected chi connectivity index (χ0v) is 18.4. The lowest BCUT2D eigenvalue weighted by Crippen LogP contribution is -2.46. The van der Waals surface area contributed by atoms with E-state index in [0.29, 0.717) is 6.42 Å². The highest BCUT2D eigenvalue weighted by Crippen LogP contribution is 2.27. The predicted molar refractivity (Wildman–Crippen MR) is 125 cm³/mol. The summed E-state index contributed by atoms with van der Waals surface area (Å²) >= 11 is 1.65. The summed E-state index contributed by atoms with van der Waals surface area (Å²) in [6.07, 6.45) is 0.355. The van der Waals surface area contributed by atoms with Crippen LogP contribution in [0.25, 0.3) is 11.3 Å². The van der Waals surface area contributed by atoms with Crippen LogP contribution < -0.4 is 10.2 Å². The molecule has 0 unspecified atom stereocenters. The molecular formula is C24H28N4OS. The molecule has 5 nitrogen and oxygen atoms in total. The number of likely N-dealkylation sites (N-methyl/N-ethyl adjacent to an activating group) is 1. The number of nitrogens with zero attached hydrogens (tertiary/aromatic N) is 3. The van der Waals surface area contributed by atoms with Gasteiger partial charge in [-0.3, -0.25) is 4.79 Å². The van der Waals surface area contributed by atoms with Crippen LogP contribution in [0.1, 0.15) is 17.5 Å². The number of rotatable bonds is 6. The third-order valence-corrected chi connectivity index (χ3v) is 6.35. The number of para-hydroxylation sites is 2. The lowest BCUT2D eigenvalue weighted by molar-refractivity contribution is -0.115. The maximum atomic E-state index is 12.7. The molecule has 1 aliphatic rings. The van der Waals surface area contributed by atoms with Gasteiger partial charge in [0, 0.05) is 37.1 Å². The van der Waals surface area contributed by atoms with E-state index in [9.17, 15) is 4.79 Å². The summed E-state index contributed by atoms with van der Waals surface area (Å²) < 4.78 is 0. The molecule has 6 heteroatoms. The van der Waals surface area contributed by atoms with Crippen LogP contribution in [0.4, 0.5) is 11.4 Å². The Bertz CT molecular complexity index is 990. The molecule has 30 heavy (non-hydrogen) atoms. The zero-order chi connectivity index (χ0) is 20.9. The van der Waals surface area contributed by atoms with E-state index >= 15 is 0 Å². The molecule has 1 saturated heterocycles. The van der Waals surface area contributed by atoms with Crippen molar-refractivity contribution in [1.29, 1.82) is 0 Å². The number of nitrogens with one attached hydrogen (secondary N) is 1. The first kappa shape index (κ1) is 20.6. The molecule has 0 saturated carbocycles. The van der Waals surface area contributed by atoms with Crippen molar-refractivity contribution >= 4 is 28.6 Å². The summed E-state index contributed by atoms with van der Waals surface area (Å²) in [4.78, 5) is 22.1. The van der Waals surface area contributed by atoms with Crippen LogP contribution in [-0.2, 0) is 11.2 Å². The molecular weight excluding hydrogens is 392 g/mol. The number of hydrogen-bond donors (Lipinski definition) is 1. The Morgan fingerprint density at radius 3 is 2.47 bits per heavy atom. The number of carbonyl (C=O) groups is 1. The third-order valence-electron chi connectivity index (χ3n) is 5.57. The Morgan fingerprint density at radius 1 is 1.07 bits per heavy atom. The van der Waals surface area contributed by atoms with Crippen molar-refractivity contribution < 1.29 is 4.79 Å². The number of thiazole rings is 1. The van der Waals surface area contributed by atoms with E-state index in [1.54, 1.807) is 11.3 Å². The van der Waals surface area contributed by atoms with Gasteiger partial charge in [-0.05, 0) is 31.2 Å². The van der Waals surface area contributed by atoms with Gasteiger partial charge in [-0.1, -0.05) is 43.3 Å². The van der Waals surface area contributed by atoms with Crippen molar-refractivity contribution in [2.75, 3.05) is 42.9 Å². The average molecular weight is 421 g/mol. The molecule has 0 spiro atoms. The Balaban J connectivity index is 1.40. The van der Waals surface area contributed by atoms with E-state index in [-0.39, 0.29) is 5.91 Å². The van der Waals surface area contributed by atoms with Gasteiger partial charge in [-0.2, -0.15) is 0 Å². The van der Waals surface area contributed by atoms with Crippen molar-refractivity contribution in [1.82, 2.24) is 9.88 Å². The third kappa shape index (κ3) is 4.89. The number of anilines is 2. The van der Waals surface area contributed by atoms with Gasteiger partial charge in [0.05, 0.1) is 28.5 Å². The lowest BCUT2D eigenvalue weighted by atomic mass is 10.1. The first-order valence-electron chi connectivity index (χ1n) is 10.5. The van der Waals surface area contributed by atoms with Gasteiger partial charge in [0.1, 0.15) is 0 Å². The van der Waals surface area contributed by atoms with E-state index in [1.165, 1.54) is 0 Å². The minimum atomic E-state index is 0.00639. The van der Waals surface area contributed by atoms with Gasteiger partial charge in [0.2, 0.25) is 5.91 Å². The molecule has 0 aliphatic carbocycles. The Kier molecular flexibility index (Phi) is 6.45. The highest BCUT2D eigenvalue weighted by molar-refractivity contribution is 7.09. The molecule has 1 fully saturated rings. The predicted octanol–water partition coefficient (Wildman–Crippen LogP) is 4.44. The molecule has 0 bridgehead atoms. The van der Waals surface area contributed by atoms with Gasteiger partial charge >= 0.3 is 0 Å². The number of aromatic nitrogens is 1. The quantitative estimate of drug-likeness (QED) is 0.640. The van der Waals surface area contributed by atoms with Crippen LogP contribution in [-0.4, -0.2) is 48.5 Å². The Hall–Kier alpha value is -2.70. The fraction of sp³-hybridized carbons (Fsp3) is 0.333. The van der Waals surface area contributed by atoms with E-state index in [0.717, 1.165) is 65.9 Å². The van der Waals surface area contributed by atoms with E-state index in [1.807, 2.05) is 49.4 Å². The van der Waals surface area contributed by atoms with Crippen LogP contribution in [0.5, 0.6) is 0 Å². The molecule has 1 aromatic heterocycles. The second kappa shape index (κ2) is 9.41. The standard InChI is InChI=1S/C24H28N4OS/c1-3-27-12-14-28(15-13-27)23-7-5-4-6-21(23)26-24(29)16-19-8-10-20(11-9-19)22-17-30-18(2)25-22/h4-11,17H,3,12-16H2,1-2H3,(H,26,29). The van der Waals surface area contributed by atoms with Crippen molar-refractivity contribution in [2.24, 2.45) is 0 Å². The second-order valence-electron chi connectivity index (χ2n) is 7.61. The number of benzene rings is 2. The van der Waals surface area contributed by atoms with Crippen molar-refractivity contribution in [3.8, 4) is 11.3 Å². The minimum absolute atomic E-state index is 0.00639. The molecule has 3 aromatic rings. The van der Waals surface area contributed by atoms with Crippen LogP contribution in [0.3, 0.4) is 0 Å². The summed E-state index contributed by atoms with van der Waals surface area (Å²) in [6.45, 7) is 9.39. The number of carbonyl (C=O) groups excluding carboxylic acids is 1. The maximum Gasteiger partial charge on any atom is 0.228 e. The molecule has 2 heterocycles. The summed E-state index contributed by atoms with van der Waals surface area (Å²) in [7, 11) is 0. The van der Waals surface area contributed by atoms with Gasteiger partial charge in [-0.15, -0.1) is 11.3 Å². The number of amides is 1. The SMILES string of the molecule is CCN1CCN(c2ccccc2NC(=O)Cc2ccc(-c3csc(C)n3)cc2)CC1. The minimum Gasteiger partial charge on any atom is -0.367 e. The molecule has 1 amide bonds. The zero-order valence-electron chi connectivity index (χ0n) is 17.6. The van der Waals surface area contributed by atoms with E-state index < -0.39 is 0 Å². The smallest absolute Gasteiger partial charge is 0.228 e. The van der Waals surface area contributed by atoms with Gasteiger partial charge in [-0.25, -0.2) is 4.98 Å². The molecule has 1 N–H and O–H groups in total. The van der Waals surface area contributed by atoms with Crippen LogP contribution >= 0.6 is 11.3 Å². The Morgan fingerprint density at radius 2 is 1.80 bits per heavy atom. The monoisotopic (exact) mass is 420 g/mol. The molecule has 156 valence electrons. The van der Waals surface area contributed by atoms with E-state index in [4.69, 9.17) is 0 Å². The van der Waals surface area contributed by atoms with E-state index in [2.05, 4.69) is 38.5 Å². The van der Waals surface area contributed by atoms with Crippen molar-refractivity contribution in [2.45, 2.75) is 20.3 Å². The summed E-state index contributed by atoms with van der Waals surface area (Å²) in [5, 5.41) is 6.25. The molecule has 0 radical (unpaired) electrons. The fourth-order valence-electron chi connectivity index (χ4n) is 3.83. The van der Waals surface area contributed by atoms with Crippen molar-refractivity contribution in [3.05, 3.63) is 64.5 Å². The van der Waals surface area contributed by atoms with Crippen molar-refractivity contribution in [3.63, 3.8) is 0 Å². The Labute approximate surface area is 182 Å². The van der Waals surface area contributed by atoms with Crippen LogP contribution in [0, 0.1) is 6.92 Å². The topological polar surface area (TPSA) is 48.5 Å². The van der Waals surface area contributed by atoms with Gasteiger partial charge in [0.25, 0.3) is 0 Å². The second-order valence-corrected chi connectivity index (χ2v) is 8.67. The number of hydrogen-bond acceptors (Lipinski definition) is 5. The first-order valence-corrected chi connectivity index (χ1v) is 11.4. The first-order chi connectivity index (χ1) is 14.6. The lowest BCUT2D eigenvalue weighted by Gasteiger charge is -2.36. The normalized spacial score (nSPS) is 14.7. The number of aryl methyl sites for hydroxylation is 1. The highest BCUT2D eigenvalue weighted by Gasteiger charge is 2.18. The van der Waals surface area contributed by atoms with Crippen LogP contribution in [0.2, 0.25) is 0 Å². The maximum absolute atomic E-state index is 12.7. The van der Waals surface area contributed by atoms with Gasteiger partial charge < -0.3 is 15.1 Å². The summed E-state index contributed by atoms with van der Waals surface area (Å²) in [6, 6.07) is 16.2. The summed E-state index contributed by atoms with van der Waals surface area (Å²) in [5.74, 6) is 0.00639. The molecule has 4 rings (SSSR count). The van der Waals surface area contributed by atoms with Crippen LogP contribution in [0.15, 0.2) is 53.9 Å². The summed E-state index contributed by atoms with van der Waals surface area (Å²) in [5.41, 5.74) is 5.07.